The van der Waals surface area contributed by atoms with Crippen LogP contribution in [0.1, 0.15) is 67.8 Å². The quantitative estimate of drug-likeness (QED) is 0.517. The fourth-order valence-corrected chi connectivity index (χ4v) is 4.52. The molecule has 0 spiro atoms. The number of hydrogen-bond acceptors (Lipinski definition) is 7. The van der Waals surface area contributed by atoms with Gasteiger partial charge in [0.15, 0.2) is 5.69 Å². The summed E-state index contributed by atoms with van der Waals surface area (Å²) in [7, 11) is 0. The van der Waals surface area contributed by atoms with Crippen LogP contribution in [-0.2, 0) is 5.41 Å². The number of likely N-dealkylation sites (N-methyl/N-ethyl adjacent to an activating group) is 1. The fourth-order valence-electron chi connectivity index (χ4n) is 4.52. The fraction of sp³-hybridized carbons (Fsp3) is 0.444. The SMILES string of the molecule is CCN1CCCC1CNC(=O)c1cn(-c2cc(Nc3cc(C#N)cc(C(C)(C)C)c3)cnc2C)nn1. The Morgan fingerprint density at radius 2 is 2.03 bits per heavy atom. The van der Waals surface area contributed by atoms with Crippen molar-refractivity contribution >= 4 is 17.3 Å². The number of hydrogen-bond donors (Lipinski definition) is 2. The topological polar surface area (TPSA) is 112 Å². The van der Waals surface area contributed by atoms with Crippen LogP contribution >= 0.6 is 0 Å². The first-order valence-corrected chi connectivity index (χ1v) is 12.4. The molecular weight excluding hydrogens is 452 g/mol. The lowest BCUT2D eigenvalue weighted by atomic mass is 9.86. The van der Waals surface area contributed by atoms with E-state index in [1.165, 1.54) is 6.42 Å². The van der Waals surface area contributed by atoms with Crippen molar-refractivity contribution in [3.05, 3.63) is 59.2 Å². The molecule has 1 amide bonds. The first kappa shape index (κ1) is 25.3. The largest absolute Gasteiger partial charge is 0.354 e. The molecule has 2 N–H and O–H groups in total. The van der Waals surface area contributed by atoms with Crippen LogP contribution in [0.2, 0.25) is 0 Å². The van der Waals surface area contributed by atoms with Crippen LogP contribution in [0.5, 0.6) is 0 Å². The van der Waals surface area contributed by atoms with E-state index in [1.54, 1.807) is 17.1 Å². The maximum Gasteiger partial charge on any atom is 0.273 e. The number of amides is 1. The monoisotopic (exact) mass is 486 g/mol. The number of rotatable bonds is 7. The predicted octanol–water partition coefficient (Wildman–Crippen LogP) is 4.10. The molecule has 1 saturated heterocycles. The molecule has 0 saturated carbocycles. The predicted molar refractivity (Wildman–Crippen MR) is 140 cm³/mol. The minimum atomic E-state index is -0.230. The van der Waals surface area contributed by atoms with Gasteiger partial charge in [-0.25, -0.2) is 4.68 Å². The van der Waals surface area contributed by atoms with Crippen molar-refractivity contribution in [2.24, 2.45) is 0 Å². The Kier molecular flexibility index (Phi) is 7.36. The molecule has 9 heteroatoms. The van der Waals surface area contributed by atoms with Crippen molar-refractivity contribution in [2.45, 2.75) is 58.9 Å². The third kappa shape index (κ3) is 5.71. The summed E-state index contributed by atoms with van der Waals surface area (Å²) in [5, 5.41) is 24.1. The van der Waals surface area contributed by atoms with Crippen LogP contribution in [-0.4, -0.2) is 56.5 Å². The van der Waals surface area contributed by atoms with Gasteiger partial charge in [-0.2, -0.15) is 5.26 Å². The molecule has 1 atom stereocenters. The van der Waals surface area contributed by atoms with Crippen molar-refractivity contribution in [3.8, 4) is 11.8 Å². The zero-order valence-corrected chi connectivity index (χ0v) is 21.7. The molecule has 0 aliphatic carbocycles. The van der Waals surface area contributed by atoms with Crippen LogP contribution < -0.4 is 10.6 Å². The van der Waals surface area contributed by atoms with Crippen molar-refractivity contribution in [3.63, 3.8) is 0 Å². The van der Waals surface area contributed by atoms with Gasteiger partial charge < -0.3 is 10.6 Å². The lowest BCUT2D eigenvalue weighted by molar-refractivity contribution is 0.0936. The van der Waals surface area contributed by atoms with E-state index in [9.17, 15) is 10.1 Å². The maximum atomic E-state index is 12.7. The highest BCUT2D eigenvalue weighted by molar-refractivity contribution is 5.92. The van der Waals surface area contributed by atoms with E-state index in [0.717, 1.165) is 42.1 Å². The first-order valence-electron chi connectivity index (χ1n) is 12.4. The Morgan fingerprint density at radius 1 is 1.22 bits per heavy atom. The Labute approximate surface area is 212 Å². The summed E-state index contributed by atoms with van der Waals surface area (Å²) in [4.78, 5) is 19.6. The molecule has 9 nitrogen and oxygen atoms in total. The standard InChI is InChI=1S/C27H34N8O/c1-6-34-9-7-8-23(34)16-30-26(36)24-17-35(33-32-24)25-13-22(15-29-18(25)2)31-21-11-19(14-28)10-20(12-21)27(3,4)5/h10-13,15,17,23,31H,6-9,16H2,1-5H3,(H,30,36). The molecule has 2 aromatic heterocycles. The second-order valence-electron chi connectivity index (χ2n) is 10.3. The number of likely N-dealkylation sites (tertiary alicyclic amines) is 1. The van der Waals surface area contributed by atoms with E-state index in [4.69, 9.17) is 0 Å². The van der Waals surface area contributed by atoms with Gasteiger partial charge in [0.2, 0.25) is 0 Å². The Balaban J connectivity index is 1.51. The Hall–Kier alpha value is -3.77. The minimum Gasteiger partial charge on any atom is -0.354 e. The summed E-state index contributed by atoms with van der Waals surface area (Å²) >= 11 is 0. The number of carbonyl (C=O) groups excluding carboxylic acids is 1. The van der Waals surface area contributed by atoms with Crippen LogP contribution in [0.25, 0.3) is 5.69 Å². The second-order valence-corrected chi connectivity index (χ2v) is 10.3. The number of aryl methyl sites for hydroxylation is 1. The smallest absolute Gasteiger partial charge is 0.273 e. The van der Waals surface area contributed by atoms with Crippen LogP contribution in [0.3, 0.4) is 0 Å². The number of nitriles is 1. The van der Waals surface area contributed by atoms with Gasteiger partial charge in [0.25, 0.3) is 5.91 Å². The van der Waals surface area contributed by atoms with Gasteiger partial charge in [-0.1, -0.05) is 32.9 Å². The van der Waals surface area contributed by atoms with Crippen LogP contribution in [0.4, 0.5) is 11.4 Å². The summed E-state index contributed by atoms with van der Waals surface area (Å²) in [6.45, 7) is 13.1. The number of carbonyl (C=O) groups is 1. The van der Waals surface area contributed by atoms with Crippen LogP contribution in [0.15, 0.2) is 36.7 Å². The van der Waals surface area contributed by atoms with E-state index in [-0.39, 0.29) is 17.0 Å². The number of pyridine rings is 1. The van der Waals surface area contributed by atoms with Gasteiger partial charge in [-0.05, 0) is 68.1 Å². The molecule has 1 aliphatic rings. The molecule has 1 fully saturated rings. The van der Waals surface area contributed by atoms with Crippen molar-refractivity contribution < 1.29 is 4.79 Å². The summed E-state index contributed by atoms with van der Waals surface area (Å²) in [6.07, 6.45) is 5.63. The van der Waals surface area contributed by atoms with E-state index in [0.29, 0.717) is 23.8 Å². The number of anilines is 2. The van der Waals surface area contributed by atoms with E-state index < -0.39 is 0 Å². The zero-order valence-electron chi connectivity index (χ0n) is 21.7. The minimum absolute atomic E-state index is 0.0930. The average molecular weight is 487 g/mol. The molecule has 36 heavy (non-hydrogen) atoms. The highest BCUT2D eigenvalue weighted by Crippen LogP contribution is 2.28. The van der Waals surface area contributed by atoms with Gasteiger partial charge in [0.05, 0.1) is 41.1 Å². The highest BCUT2D eigenvalue weighted by atomic mass is 16.2. The highest BCUT2D eigenvalue weighted by Gasteiger charge is 2.24. The third-order valence-electron chi connectivity index (χ3n) is 6.65. The van der Waals surface area contributed by atoms with E-state index >= 15 is 0 Å². The van der Waals surface area contributed by atoms with Gasteiger partial charge in [0.1, 0.15) is 0 Å². The number of nitrogens with zero attached hydrogens (tertiary/aromatic N) is 6. The maximum absolute atomic E-state index is 12.7. The molecule has 188 valence electrons. The van der Waals surface area contributed by atoms with E-state index in [2.05, 4.69) is 64.6 Å². The Morgan fingerprint density at radius 3 is 2.75 bits per heavy atom. The molecule has 4 rings (SSSR count). The van der Waals surface area contributed by atoms with Crippen molar-refractivity contribution in [1.82, 2.24) is 30.2 Å². The zero-order chi connectivity index (χ0) is 25.9. The molecular formula is C27H34N8O. The first-order chi connectivity index (χ1) is 17.2. The molecule has 3 aromatic rings. The summed E-state index contributed by atoms with van der Waals surface area (Å²) < 4.78 is 1.57. The summed E-state index contributed by atoms with van der Waals surface area (Å²) in [5.74, 6) is -0.230. The molecule has 1 unspecified atom stereocenters. The van der Waals surface area contributed by atoms with Crippen molar-refractivity contribution in [1.29, 1.82) is 5.26 Å². The van der Waals surface area contributed by atoms with Crippen LogP contribution in [0, 0.1) is 18.3 Å². The normalized spacial score (nSPS) is 16.1. The van der Waals surface area contributed by atoms with Crippen molar-refractivity contribution in [2.75, 3.05) is 25.0 Å². The molecule has 1 aromatic carbocycles. The number of nitrogens with one attached hydrogen (secondary N) is 2. The molecule has 1 aliphatic heterocycles. The summed E-state index contributed by atoms with van der Waals surface area (Å²) in [6, 6.07) is 10.3. The average Bonchev–Trinajstić information content (AvgIpc) is 3.52. The number of benzene rings is 1. The Bertz CT molecular complexity index is 1280. The number of aromatic nitrogens is 4. The lowest BCUT2D eigenvalue weighted by Crippen LogP contribution is -2.40. The summed E-state index contributed by atoms with van der Waals surface area (Å²) in [5.41, 5.74) is 4.85. The van der Waals surface area contributed by atoms with Gasteiger partial charge in [0, 0.05) is 18.3 Å². The molecule has 0 radical (unpaired) electrons. The molecule has 3 heterocycles. The molecule has 0 bridgehead atoms. The lowest BCUT2D eigenvalue weighted by Gasteiger charge is -2.22. The van der Waals surface area contributed by atoms with Gasteiger partial charge in [-0.15, -0.1) is 5.10 Å². The van der Waals surface area contributed by atoms with Gasteiger partial charge >= 0.3 is 0 Å². The van der Waals surface area contributed by atoms with E-state index in [1.807, 2.05) is 31.2 Å². The third-order valence-corrected chi connectivity index (χ3v) is 6.65. The second kappa shape index (κ2) is 10.5. The van der Waals surface area contributed by atoms with Gasteiger partial charge in [-0.3, -0.25) is 14.7 Å².